The van der Waals surface area contributed by atoms with Crippen molar-refractivity contribution >= 4 is 40.6 Å². The van der Waals surface area contributed by atoms with E-state index in [-0.39, 0.29) is 40.4 Å². The Bertz CT molecular complexity index is 1310. The molecule has 38 heavy (non-hydrogen) atoms. The molecule has 1 aliphatic rings. The molecular formula is C25H29N5O7S. The number of rotatable bonds is 10. The van der Waals surface area contributed by atoms with Gasteiger partial charge in [-0.15, -0.1) is 0 Å². The molecule has 0 radical (unpaired) electrons. The van der Waals surface area contributed by atoms with Crippen LogP contribution in [0.4, 0.5) is 11.4 Å². The number of hydrogen-bond donors (Lipinski definition) is 3. The summed E-state index contributed by atoms with van der Waals surface area (Å²) in [6, 6.07) is 6.81. The Labute approximate surface area is 223 Å². The molecule has 3 heterocycles. The predicted octanol–water partition coefficient (Wildman–Crippen LogP) is 2.43. The summed E-state index contributed by atoms with van der Waals surface area (Å²) in [5.74, 6) is -0.582. The molecule has 5 N–H and O–H groups in total. The number of carbonyl (C=O) groups is 3. The molecule has 4 rings (SSSR count). The summed E-state index contributed by atoms with van der Waals surface area (Å²) < 4.78 is 26.2. The summed E-state index contributed by atoms with van der Waals surface area (Å²) in [7, 11) is 2.93. The van der Waals surface area contributed by atoms with E-state index < -0.39 is 23.8 Å². The van der Waals surface area contributed by atoms with Gasteiger partial charge in [0.25, 0.3) is 17.7 Å². The van der Waals surface area contributed by atoms with Crippen LogP contribution < -0.4 is 31.2 Å². The predicted molar refractivity (Wildman–Crippen MR) is 140 cm³/mol. The van der Waals surface area contributed by atoms with E-state index in [4.69, 9.17) is 30.1 Å². The zero-order valence-corrected chi connectivity index (χ0v) is 22.0. The number of nitrogen functional groups attached to an aromatic ring is 1. The molecule has 1 aromatic carbocycles. The van der Waals surface area contributed by atoms with Crippen molar-refractivity contribution in [3.05, 3.63) is 52.4 Å². The van der Waals surface area contributed by atoms with Crippen LogP contribution in [0.25, 0.3) is 0 Å². The highest BCUT2D eigenvalue weighted by atomic mass is 32.1. The number of carbonyl (C=O) groups excluding carboxylic acids is 3. The average molecular weight is 544 g/mol. The van der Waals surface area contributed by atoms with Crippen molar-refractivity contribution in [1.82, 2.24) is 9.69 Å². The summed E-state index contributed by atoms with van der Waals surface area (Å²) >= 11 is 0.707. The fraction of sp³-hybridized carbons (Fsp3) is 0.360. The van der Waals surface area contributed by atoms with Gasteiger partial charge in [-0.25, -0.2) is 0 Å². The molecule has 0 bridgehead atoms. The molecule has 13 heteroatoms. The summed E-state index contributed by atoms with van der Waals surface area (Å²) in [6.45, 7) is 2.61. The van der Waals surface area contributed by atoms with Gasteiger partial charge in [0, 0.05) is 31.4 Å². The molecule has 2 atom stereocenters. The Balaban J connectivity index is 1.85. The number of methoxy groups -OCH3 is 2. The van der Waals surface area contributed by atoms with Crippen molar-refractivity contribution in [2.75, 3.05) is 38.0 Å². The first-order chi connectivity index (χ1) is 18.2. The number of nitrogens with two attached hydrogens (primary N) is 2. The summed E-state index contributed by atoms with van der Waals surface area (Å²) in [6.07, 6.45) is 1.59. The molecule has 0 spiro atoms. The van der Waals surface area contributed by atoms with Crippen molar-refractivity contribution in [2.24, 2.45) is 5.73 Å². The van der Waals surface area contributed by atoms with Gasteiger partial charge in [-0.2, -0.15) is 4.37 Å². The van der Waals surface area contributed by atoms with Crippen molar-refractivity contribution < 1.29 is 33.0 Å². The van der Waals surface area contributed by atoms with Gasteiger partial charge in [0.05, 0.1) is 31.7 Å². The van der Waals surface area contributed by atoms with Gasteiger partial charge in [0.1, 0.15) is 27.9 Å². The van der Waals surface area contributed by atoms with Crippen molar-refractivity contribution in [3.8, 4) is 11.5 Å². The average Bonchev–Trinajstić information content (AvgIpc) is 3.66. The molecule has 3 amide bonds. The third kappa shape index (κ3) is 5.58. The normalized spacial score (nSPS) is 15.6. The molecule has 0 saturated carbocycles. The Morgan fingerprint density at radius 2 is 1.92 bits per heavy atom. The second-order valence-electron chi connectivity index (χ2n) is 8.62. The number of aromatic nitrogens is 1. The first-order valence-corrected chi connectivity index (χ1v) is 12.6. The van der Waals surface area contributed by atoms with Crippen molar-refractivity contribution in [2.45, 2.75) is 31.9 Å². The number of aryl methyl sites for hydroxylation is 1. The third-order valence-electron chi connectivity index (χ3n) is 6.05. The van der Waals surface area contributed by atoms with Gasteiger partial charge in [0.15, 0.2) is 11.7 Å². The molecule has 1 saturated heterocycles. The second-order valence-corrected chi connectivity index (χ2v) is 9.39. The minimum Gasteiger partial charge on any atom is -0.497 e. The van der Waals surface area contributed by atoms with E-state index >= 15 is 0 Å². The molecule has 12 nitrogen and oxygen atoms in total. The number of hydrogen-bond acceptors (Lipinski definition) is 10. The fourth-order valence-electron chi connectivity index (χ4n) is 4.14. The number of furan rings is 1. The topological polar surface area (TPSA) is 172 Å². The number of nitrogens with zero attached hydrogens (tertiary/aromatic N) is 2. The fourth-order valence-corrected chi connectivity index (χ4v) is 4.89. The van der Waals surface area contributed by atoms with Crippen LogP contribution in [0, 0.1) is 6.92 Å². The van der Waals surface area contributed by atoms with Crippen LogP contribution in [0.1, 0.15) is 50.6 Å². The minimum absolute atomic E-state index is 0.0687. The van der Waals surface area contributed by atoms with E-state index in [1.165, 1.54) is 19.1 Å². The first-order valence-electron chi connectivity index (χ1n) is 11.8. The largest absolute Gasteiger partial charge is 0.497 e. The zero-order valence-electron chi connectivity index (χ0n) is 21.2. The van der Waals surface area contributed by atoms with Crippen molar-refractivity contribution in [1.29, 1.82) is 0 Å². The summed E-state index contributed by atoms with van der Waals surface area (Å²) in [5.41, 5.74) is 11.3. The number of benzene rings is 1. The SMILES string of the molecule is COc1cc(OC)cc(N(C(=O)c2snc(C(N)=O)c2N)[C@H](C(=O)NC[C@@H]2CCCO2)c2ccc(C)o2)c1. The Morgan fingerprint density at radius 1 is 1.21 bits per heavy atom. The first kappa shape index (κ1) is 26.9. The van der Waals surface area contributed by atoms with E-state index in [1.807, 2.05) is 0 Å². The lowest BCUT2D eigenvalue weighted by atomic mass is 10.1. The van der Waals surface area contributed by atoms with E-state index in [2.05, 4.69) is 9.69 Å². The van der Waals surface area contributed by atoms with Crippen LogP contribution in [-0.4, -0.2) is 55.6 Å². The second kappa shape index (κ2) is 11.5. The molecule has 0 unspecified atom stereocenters. The van der Waals surface area contributed by atoms with Gasteiger partial charge < -0.3 is 35.4 Å². The molecule has 2 aromatic heterocycles. The van der Waals surface area contributed by atoms with Crippen LogP contribution >= 0.6 is 11.5 Å². The maximum absolute atomic E-state index is 14.1. The molecule has 0 aliphatic carbocycles. The number of anilines is 2. The van der Waals surface area contributed by atoms with E-state index in [0.717, 1.165) is 12.8 Å². The highest BCUT2D eigenvalue weighted by Crippen LogP contribution is 2.37. The smallest absolute Gasteiger partial charge is 0.273 e. The van der Waals surface area contributed by atoms with Gasteiger partial charge in [0.2, 0.25) is 0 Å². The lowest BCUT2D eigenvalue weighted by Gasteiger charge is -2.30. The van der Waals surface area contributed by atoms with E-state index in [9.17, 15) is 14.4 Å². The number of nitrogens with one attached hydrogen (secondary N) is 1. The molecule has 202 valence electrons. The maximum Gasteiger partial charge on any atom is 0.273 e. The molecular weight excluding hydrogens is 514 g/mol. The lowest BCUT2D eigenvalue weighted by molar-refractivity contribution is -0.123. The van der Waals surface area contributed by atoms with Gasteiger partial charge >= 0.3 is 0 Å². The van der Waals surface area contributed by atoms with Crippen LogP contribution in [0.15, 0.2) is 34.7 Å². The summed E-state index contributed by atoms with van der Waals surface area (Å²) in [5, 5.41) is 2.89. The van der Waals surface area contributed by atoms with Crippen molar-refractivity contribution in [3.63, 3.8) is 0 Å². The Hall–Kier alpha value is -4.10. The third-order valence-corrected chi connectivity index (χ3v) is 6.90. The maximum atomic E-state index is 14.1. The van der Waals surface area contributed by atoms with E-state index in [1.54, 1.807) is 37.3 Å². The standard InChI is InChI=1S/C25H29N5O7S/c1-13-6-7-18(37-13)21(24(32)28-12-15-5-4-8-36-15)30(14-9-16(34-2)11-17(10-14)35-3)25(33)22-19(26)20(23(27)31)29-38-22/h6-7,9-11,15,21H,4-5,8,12,26H2,1-3H3,(H2,27,31)(H,28,32)/t15-,21-/m0/s1. The molecule has 1 fully saturated rings. The van der Waals surface area contributed by atoms with Crippen LogP contribution in [0.3, 0.4) is 0 Å². The monoisotopic (exact) mass is 543 g/mol. The lowest BCUT2D eigenvalue weighted by Crippen LogP contribution is -2.45. The van der Waals surface area contributed by atoms with Crippen LogP contribution in [0.5, 0.6) is 11.5 Å². The van der Waals surface area contributed by atoms with Gasteiger partial charge in [-0.05, 0) is 43.4 Å². The number of primary amides is 1. The number of amides is 3. The summed E-state index contributed by atoms with van der Waals surface area (Å²) in [4.78, 5) is 40.8. The van der Waals surface area contributed by atoms with Gasteiger partial charge in [-0.1, -0.05) is 0 Å². The Kier molecular flexibility index (Phi) is 8.17. The highest BCUT2D eigenvalue weighted by molar-refractivity contribution is 7.09. The van der Waals surface area contributed by atoms with Gasteiger partial charge in [-0.3, -0.25) is 19.3 Å². The quantitative estimate of drug-likeness (QED) is 0.347. The zero-order chi connectivity index (χ0) is 27.4. The highest BCUT2D eigenvalue weighted by Gasteiger charge is 2.38. The molecule has 1 aliphatic heterocycles. The van der Waals surface area contributed by atoms with Crippen LogP contribution in [0.2, 0.25) is 0 Å². The minimum atomic E-state index is -1.27. The van der Waals surface area contributed by atoms with E-state index in [0.29, 0.717) is 35.4 Å². The number of ether oxygens (including phenoxy) is 3. The Morgan fingerprint density at radius 3 is 2.45 bits per heavy atom. The molecule has 3 aromatic rings. The van der Waals surface area contributed by atoms with Crippen LogP contribution in [-0.2, 0) is 9.53 Å².